The zero-order chi connectivity index (χ0) is 14.7. The van der Waals surface area contributed by atoms with Crippen molar-refractivity contribution in [1.82, 2.24) is 9.55 Å². The standard InChI is InChI=1S/C13H13Cl2N3OS/c1-8(20-13-16-3-4-18(13)2)12(19)17-11-6-9(14)5-10(15)7-11/h3-8H,1-2H3,(H,17,19)/t8-/m1/s1. The third kappa shape index (κ3) is 3.91. The van der Waals surface area contributed by atoms with Crippen LogP contribution < -0.4 is 5.32 Å². The van der Waals surface area contributed by atoms with Crippen LogP contribution in [0.3, 0.4) is 0 Å². The maximum atomic E-state index is 12.1. The van der Waals surface area contributed by atoms with E-state index >= 15 is 0 Å². The monoisotopic (exact) mass is 329 g/mol. The number of halogens is 2. The molecule has 2 rings (SSSR count). The number of imidazole rings is 1. The van der Waals surface area contributed by atoms with Crippen LogP contribution >= 0.6 is 35.0 Å². The fourth-order valence-electron chi connectivity index (χ4n) is 1.55. The first-order chi connectivity index (χ1) is 9.45. The molecule has 1 atom stereocenters. The van der Waals surface area contributed by atoms with Crippen molar-refractivity contribution < 1.29 is 4.79 Å². The highest BCUT2D eigenvalue weighted by molar-refractivity contribution is 8.00. The van der Waals surface area contributed by atoms with Crippen LogP contribution in [0.1, 0.15) is 6.92 Å². The molecule has 7 heteroatoms. The molecule has 0 bridgehead atoms. The number of carbonyl (C=O) groups excluding carboxylic acids is 1. The van der Waals surface area contributed by atoms with Crippen LogP contribution in [0.15, 0.2) is 35.7 Å². The van der Waals surface area contributed by atoms with E-state index < -0.39 is 0 Å². The van der Waals surface area contributed by atoms with E-state index in [1.807, 2.05) is 24.7 Å². The van der Waals surface area contributed by atoms with Gasteiger partial charge in [0.25, 0.3) is 0 Å². The molecule has 0 fully saturated rings. The quantitative estimate of drug-likeness (QED) is 0.866. The fourth-order valence-corrected chi connectivity index (χ4v) is 2.90. The number of thioether (sulfide) groups is 1. The SMILES string of the molecule is C[C@@H](Sc1nccn1C)C(=O)Nc1cc(Cl)cc(Cl)c1. The lowest BCUT2D eigenvalue weighted by atomic mass is 10.3. The van der Waals surface area contributed by atoms with Gasteiger partial charge in [0.1, 0.15) is 0 Å². The Bertz CT molecular complexity index is 610. The molecule has 2 aromatic rings. The minimum absolute atomic E-state index is 0.128. The summed E-state index contributed by atoms with van der Waals surface area (Å²) in [6.07, 6.45) is 3.54. The third-order valence-electron chi connectivity index (χ3n) is 2.56. The van der Waals surface area contributed by atoms with E-state index in [-0.39, 0.29) is 11.2 Å². The predicted octanol–water partition coefficient (Wildman–Crippen LogP) is 3.85. The first kappa shape index (κ1) is 15.2. The average molecular weight is 330 g/mol. The number of benzene rings is 1. The molecule has 1 amide bonds. The van der Waals surface area contributed by atoms with Crippen LogP contribution in [0.5, 0.6) is 0 Å². The summed E-state index contributed by atoms with van der Waals surface area (Å²) in [6, 6.07) is 4.93. The Hall–Kier alpha value is -1.17. The van der Waals surface area contributed by atoms with Gasteiger partial charge in [-0.05, 0) is 25.1 Å². The Morgan fingerprint density at radius 2 is 2.00 bits per heavy atom. The van der Waals surface area contributed by atoms with E-state index in [0.29, 0.717) is 15.7 Å². The molecule has 0 aliphatic rings. The number of amides is 1. The maximum Gasteiger partial charge on any atom is 0.237 e. The van der Waals surface area contributed by atoms with Crippen LogP contribution in [0, 0.1) is 0 Å². The van der Waals surface area contributed by atoms with Crippen molar-refractivity contribution in [3.05, 3.63) is 40.6 Å². The number of nitrogens with zero attached hydrogens (tertiary/aromatic N) is 2. The summed E-state index contributed by atoms with van der Waals surface area (Å²) >= 11 is 13.2. The highest BCUT2D eigenvalue weighted by atomic mass is 35.5. The van der Waals surface area contributed by atoms with Gasteiger partial charge in [0.2, 0.25) is 5.91 Å². The van der Waals surface area contributed by atoms with Crippen LogP contribution in [0.2, 0.25) is 10.0 Å². The summed E-state index contributed by atoms with van der Waals surface area (Å²) in [5.74, 6) is -0.128. The fraction of sp³-hybridized carbons (Fsp3) is 0.231. The van der Waals surface area contributed by atoms with E-state index in [1.165, 1.54) is 11.8 Å². The van der Waals surface area contributed by atoms with Gasteiger partial charge in [-0.3, -0.25) is 4.79 Å². The van der Waals surface area contributed by atoms with Crippen molar-refractivity contribution in [1.29, 1.82) is 0 Å². The van der Waals surface area contributed by atoms with E-state index in [1.54, 1.807) is 24.4 Å². The second kappa shape index (κ2) is 6.52. The van der Waals surface area contributed by atoms with Crippen molar-refractivity contribution in [2.75, 3.05) is 5.32 Å². The number of hydrogen-bond donors (Lipinski definition) is 1. The zero-order valence-electron chi connectivity index (χ0n) is 10.9. The molecule has 0 unspecified atom stereocenters. The van der Waals surface area contributed by atoms with Gasteiger partial charge in [-0.2, -0.15) is 0 Å². The van der Waals surface area contributed by atoms with Crippen molar-refractivity contribution in [2.24, 2.45) is 7.05 Å². The lowest BCUT2D eigenvalue weighted by Crippen LogP contribution is -2.22. The molecular weight excluding hydrogens is 317 g/mol. The highest BCUT2D eigenvalue weighted by Crippen LogP contribution is 2.25. The smallest absolute Gasteiger partial charge is 0.237 e. The van der Waals surface area contributed by atoms with Gasteiger partial charge in [0.15, 0.2) is 5.16 Å². The van der Waals surface area contributed by atoms with Gasteiger partial charge >= 0.3 is 0 Å². The van der Waals surface area contributed by atoms with Crippen molar-refractivity contribution in [3.63, 3.8) is 0 Å². The second-order valence-corrected chi connectivity index (χ2v) is 6.41. The molecule has 0 saturated carbocycles. The molecule has 0 aliphatic carbocycles. The van der Waals surface area contributed by atoms with Crippen LogP contribution in [0.4, 0.5) is 5.69 Å². The maximum absolute atomic E-state index is 12.1. The molecule has 0 radical (unpaired) electrons. The molecule has 1 aromatic heterocycles. The molecule has 1 aromatic carbocycles. The number of rotatable bonds is 4. The number of anilines is 1. The minimum Gasteiger partial charge on any atom is -0.329 e. The largest absolute Gasteiger partial charge is 0.329 e. The number of hydrogen-bond acceptors (Lipinski definition) is 3. The van der Waals surface area contributed by atoms with Crippen LogP contribution in [-0.4, -0.2) is 20.7 Å². The van der Waals surface area contributed by atoms with E-state index in [9.17, 15) is 4.79 Å². The average Bonchev–Trinajstić information content (AvgIpc) is 2.73. The Balaban J connectivity index is 2.02. The number of nitrogens with one attached hydrogen (secondary N) is 1. The lowest BCUT2D eigenvalue weighted by molar-refractivity contribution is -0.115. The van der Waals surface area contributed by atoms with Gasteiger partial charge in [0.05, 0.1) is 5.25 Å². The first-order valence-corrected chi connectivity index (χ1v) is 7.50. The van der Waals surface area contributed by atoms with Gasteiger partial charge in [-0.15, -0.1) is 0 Å². The zero-order valence-corrected chi connectivity index (χ0v) is 13.3. The van der Waals surface area contributed by atoms with Gasteiger partial charge < -0.3 is 9.88 Å². The molecule has 0 aliphatic heterocycles. The Morgan fingerprint density at radius 3 is 2.55 bits per heavy atom. The predicted molar refractivity (Wildman–Crippen MR) is 83.6 cm³/mol. The van der Waals surface area contributed by atoms with Crippen LogP contribution in [-0.2, 0) is 11.8 Å². The molecule has 20 heavy (non-hydrogen) atoms. The molecule has 4 nitrogen and oxygen atoms in total. The lowest BCUT2D eigenvalue weighted by Gasteiger charge is -2.12. The summed E-state index contributed by atoms with van der Waals surface area (Å²) in [7, 11) is 1.89. The first-order valence-electron chi connectivity index (χ1n) is 5.86. The molecule has 0 saturated heterocycles. The summed E-state index contributed by atoms with van der Waals surface area (Å²) < 4.78 is 1.87. The normalized spacial score (nSPS) is 12.2. The summed E-state index contributed by atoms with van der Waals surface area (Å²) in [5, 5.41) is 4.26. The number of aryl methyl sites for hydroxylation is 1. The number of carbonyl (C=O) groups is 1. The molecule has 106 valence electrons. The van der Waals surface area contributed by atoms with Crippen molar-refractivity contribution in [2.45, 2.75) is 17.3 Å². The highest BCUT2D eigenvalue weighted by Gasteiger charge is 2.17. The Labute approximate surface area is 131 Å². The molecule has 1 heterocycles. The van der Waals surface area contributed by atoms with Gasteiger partial charge in [-0.1, -0.05) is 35.0 Å². The van der Waals surface area contributed by atoms with Crippen molar-refractivity contribution in [3.8, 4) is 0 Å². The summed E-state index contributed by atoms with van der Waals surface area (Å²) in [4.78, 5) is 16.3. The van der Waals surface area contributed by atoms with E-state index in [4.69, 9.17) is 23.2 Å². The molecule has 1 N–H and O–H groups in total. The van der Waals surface area contributed by atoms with Gasteiger partial charge in [-0.25, -0.2) is 4.98 Å². The summed E-state index contributed by atoms with van der Waals surface area (Å²) in [5.41, 5.74) is 0.583. The molecule has 0 spiro atoms. The number of aromatic nitrogens is 2. The van der Waals surface area contributed by atoms with Crippen molar-refractivity contribution >= 4 is 46.6 Å². The van der Waals surface area contributed by atoms with E-state index in [0.717, 1.165) is 5.16 Å². The second-order valence-electron chi connectivity index (χ2n) is 4.23. The minimum atomic E-state index is -0.283. The third-order valence-corrected chi connectivity index (χ3v) is 4.17. The Morgan fingerprint density at radius 1 is 1.35 bits per heavy atom. The Kier molecular flexibility index (Phi) is 4.96. The summed E-state index contributed by atoms with van der Waals surface area (Å²) in [6.45, 7) is 1.82. The van der Waals surface area contributed by atoms with E-state index in [2.05, 4.69) is 10.3 Å². The van der Waals surface area contributed by atoms with Gasteiger partial charge in [0, 0.05) is 35.2 Å². The topological polar surface area (TPSA) is 46.9 Å². The molecular formula is C13H13Cl2N3OS. The van der Waals surface area contributed by atoms with Crippen LogP contribution in [0.25, 0.3) is 0 Å².